The van der Waals surface area contributed by atoms with Crippen LogP contribution in [0.4, 0.5) is 0 Å². The fourth-order valence-electron chi connectivity index (χ4n) is 3.90. The Kier molecular flexibility index (Phi) is 5.26. The minimum atomic E-state index is -0.315. The average Bonchev–Trinajstić information content (AvgIpc) is 2.43. The van der Waals surface area contributed by atoms with Crippen LogP contribution in [-0.2, 0) is 4.79 Å². The molecular weight excluding hydrogens is 238 g/mol. The Hall–Kier alpha value is -0.570. The first-order valence-corrected chi connectivity index (χ1v) is 8.01. The number of hydrogen-bond acceptors (Lipinski definition) is 2. The standard InChI is InChI=1S/C16H29NO2/c1-12(18)9-10-17(2)16(19)15-8-7-13-5-3-4-6-14(13)11-15/h12-15,18H,3-11H2,1-2H3. The molecule has 19 heavy (non-hydrogen) atoms. The van der Waals surface area contributed by atoms with Crippen molar-refractivity contribution >= 4 is 5.91 Å². The summed E-state index contributed by atoms with van der Waals surface area (Å²) in [6.07, 6.45) is 9.31. The highest BCUT2D eigenvalue weighted by Gasteiger charge is 2.35. The first-order valence-electron chi connectivity index (χ1n) is 8.01. The smallest absolute Gasteiger partial charge is 0.225 e. The molecule has 110 valence electrons. The van der Waals surface area contributed by atoms with Gasteiger partial charge in [-0.15, -0.1) is 0 Å². The molecule has 0 bridgehead atoms. The third kappa shape index (κ3) is 3.95. The predicted molar refractivity (Wildman–Crippen MR) is 76.7 cm³/mol. The minimum Gasteiger partial charge on any atom is -0.393 e. The molecule has 3 heteroatoms. The van der Waals surface area contributed by atoms with Crippen LogP contribution in [0.1, 0.15) is 58.3 Å². The fourth-order valence-corrected chi connectivity index (χ4v) is 3.90. The van der Waals surface area contributed by atoms with Crippen LogP contribution in [0.5, 0.6) is 0 Å². The topological polar surface area (TPSA) is 40.5 Å². The van der Waals surface area contributed by atoms with Crippen molar-refractivity contribution < 1.29 is 9.90 Å². The number of carbonyl (C=O) groups is 1. The SMILES string of the molecule is CC(O)CCN(C)C(=O)C1CCC2CCCCC2C1. The van der Waals surface area contributed by atoms with Crippen LogP contribution in [-0.4, -0.2) is 35.6 Å². The molecule has 0 aromatic rings. The summed E-state index contributed by atoms with van der Waals surface area (Å²) < 4.78 is 0. The molecule has 0 aromatic carbocycles. The van der Waals surface area contributed by atoms with Crippen LogP contribution in [0.2, 0.25) is 0 Å². The van der Waals surface area contributed by atoms with Crippen molar-refractivity contribution in [1.29, 1.82) is 0 Å². The molecule has 0 heterocycles. The Morgan fingerprint density at radius 1 is 1.21 bits per heavy atom. The highest BCUT2D eigenvalue weighted by Crippen LogP contribution is 2.43. The van der Waals surface area contributed by atoms with E-state index in [9.17, 15) is 9.90 Å². The molecule has 1 N–H and O–H groups in total. The molecule has 3 nitrogen and oxygen atoms in total. The van der Waals surface area contributed by atoms with Crippen molar-refractivity contribution in [3.63, 3.8) is 0 Å². The van der Waals surface area contributed by atoms with Gasteiger partial charge >= 0.3 is 0 Å². The number of hydrogen-bond donors (Lipinski definition) is 1. The summed E-state index contributed by atoms with van der Waals surface area (Å²) in [5.41, 5.74) is 0. The molecule has 0 saturated heterocycles. The lowest BCUT2D eigenvalue weighted by atomic mass is 9.67. The number of fused-ring (bicyclic) bond motifs is 1. The lowest BCUT2D eigenvalue weighted by molar-refractivity contribution is -0.136. The zero-order valence-corrected chi connectivity index (χ0v) is 12.5. The van der Waals surface area contributed by atoms with Gasteiger partial charge < -0.3 is 10.0 Å². The van der Waals surface area contributed by atoms with Crippen molar-refractivity contribution in [3.05, 3.63) is 0 Å². The Morgan fingerprint density at radius 3 is 2.58 bits per heavy atom. The van der Waals surface area contributed by atoms with E-state index in [-0.39, 0.29) is 12.0 Å². The first-order chi connectivity index (χ1) is 9.08. The van der Waals surface area contributed by atoms with Crippen LogP contribution in [0.15, 0.2) is 0 Å². The molecule has 2 aliphatic carbocycles. The van der Waals surface area contributed by atoms with Crippen LogP contribution in [0.25, 0.3) is 0 Å². The Balaban J connectivity index is 1.82. The van der Waals surface area contributed by atoms with Crippen molar-refractivity contribution in [2.75, 3.05) is 13.6 Å². The molecule has 2 saturated carbocycles. The Morgan fingerprint density at radius 2 is 1.89 bits per heavy atom. The van der Waals surface area contributed by atoms with Crippen molar-refractivity contribution in [2.45, 2.75) is 64.4 Å². The molecule has 1 amide bonds. The van der Waals surface area contributed by atoms with E-state index in [1.165, 1.54) is 32.1 Å². The van der Waals surface area contributed by atoms with E-state index in [4.69, 9.17) is 0 Å². The monoisotopic (exact) mass is 267 g/mol. The summed E-state index contributed by atoms with van der Waals surface area (Å²) >= 11 is 0. The maximum absolute atomic E-state index is 12.4. The van der Waals surface area contributed by atoms with Crippen molar-refractivity contribution in [1.82, 2.24) is 4.90 Å². The zero-order chi connectivity index (χ0) is 13.8. The second-order valence-electron chi connectivity index (χ2n) is 6.71. The van der Waals surface area contributed by atoms with Crippen LogP contribution in [0.3, 0.4) is 0 Å². The zero-order valence-electron chi connectivity index (χ0n) is 12.5. The van der Waals surface area contributed by atoms with Gasteiger partial charge in [-0.05, 0) is 44.4 Å². The molecule has 0 spiro atoms. The summed E-state index contributed by atoms with van der Waals surface area (Å²) in [4.78, 5) is 14.3. The molecule has 0 aliphatic heterocycles. The lowest BCUT2D eigenvalue weighted by Crippen LogP contribution is -2.39. The maximum Gasteiger partial charge on any atom is 0.225 e. The van der Waals surface area contributed by atoms with E-state index in [2.05, 4.69) is 0 Å². The van der Waals surface area contributed by atoms with Crippen molar-refractivity contribution in [3.8, 4) is 0 Å². The van der Waals surface area contributed by atoms with E-state index in [0.717, 1.165) is 24.7 Å². The molecule has 0 aromatic heterocycles. The first kappa shape index (κ1) is 14.8. The van der Waals surface area contributed by atoms with Crippen molar-refractivity contribution in [2.24, 2.45) is 17.8 Å². The van der Waals surface area contributed by atoms with E-state index in [1.54, 1.807) is 6.92 Å². The summed E-state index contributed by atoms with van der Waals surface area (Å²) in [5, 5.41) is 9.31. The van der Waals surface area contributed by atoms with Gasteiger partial charge in [0.2, 0.25) is 5.91 Å². The van der Waals surface area contributed by atoms with Gasteiger partial charge in [-0.2, -0.15) is 0 Å². The molecule has 0 radical (unpaired) electrons. The molecule has 2 rings (SSSR count). The van der Waals surface area contributed by atoms with E-state index >= 15 is 0 Å². The van der Waals surface area contributed by atoms with Crippen LogP contribution < -0.4 is 0 Å². The third-order valence-electron chi connectivity index (χ3n) is 5.15. The quantitative estimate of drug-likeness (QED) is 0.851. The predicted octanol–water partition coefficient (Wildman–Crippen LogP) is 2.82. The Labute approximate surface area is 117 Å². The van der Waals surface area contributed by atoms with Gasteiger partial charge in [0.1, 0.15) is 0 Å². The molecule has 4 atom stereocenters. The van der Waals surface area contributed by atoms with E-state index in [0.29, 0.717) is 18.9 Å². The van der Waals surface area contributed by atoms with Crippen LogP contribution >= 0.6 is 0 Å². The molecule has 2 aliphatic rings. The van der Waals surface area contributed by atoms with Gasteiger partial charge in [-0.1, -0.05) is 25.7 Å². The third-order valence-corrected chi connectivity index (χ3v) is 5.15. The van der Waals surface area contributed by atoms with Crippen LogP contribution in [0, 0.1) is 17.8 Å². The second-order valence-corrected chi connectivity index (χ2v) is 6.71. The van der Waals surface area contributed by atoms with E-state index < -0.39 is 0 Å². The van der Waals surface area contributed by atoms with Gasteiger partial charge in [0.05, 0.1) is 6.10 Å². The summed E-state index contributed by atoms with van der Waals surface area (Å²) in [6.45, 7) is 2.46. The number of aliphatic hydroxyl groups is 1. The van der Waals surface area contributed by atoms with Gasteiger partial charge in [-0.3, -0.25) is 4.79 Å². The highest BCUT2D eigenvalue weighted by atomic mass is 16.3. The Bertz CT molecular complexity index is 303. The second kappa shape index (κ2) is 6.74. The largest absolute Gasteiger partial charge is 0.393 e. The molecule has 2 fully saturated rings. The number of nitrogens with zero attached hydrogens (tertiary/aromatic N) is 1. The highest BCUT2D eigenvalue weighted by molar-refractivity contribution is 5.78. The van der Waals surface area contributed by atoms with Gasteiger partial charge in [-0.25, -0.2) is 0 Å². The number of amides is 1. The van der Waals surface area contributed by atoms with Gasteiger partial charge in [0.15, 0.2) is 0 Å². The average molecular weight is 267 g/mol. The maximum atomic E-state index is 12.4. The van der Waals surface area contributed by atoms with Gasteiger partial charge in [0.25, 0.3) is 0 Å². The summed E-state index contributed by atoms with van der Waals surface area (Å²) in [7, 11) is 1.89. The lowest BCUT2D eigenvalue weighted by Gasteiger charge is -2.39. The number of carbonyl (C=O) groups excluding carboxylic acids is 1. The van der Waals surface area contributed by atoms with Gasteiger partial charge in [0, 0.05) is 19.5 Å². The summed E-state index contributed by atoms with van der Waals surface area (Å²) in [5.74, 6) is 2.27. The molecular formula is C16H29NO2. The number of aliphatic hydroxyl groups excluding tert-OH is 1. The van der Waals surface area contributed by atoms with E-state index in [1.807, 2.05) is 11.9 Å². The summed E-state index contributed by atoms with van der Waals surface area (Å²) in [6, 6.07) is 0. The number of rotatable bonds is 4. The fraction of sp³-hybridized carbons (Fsp3) is 0.938. The molecule has 4 unspecified atom stereocenters. The minimum absolute atomic E-state index is 0.248. The normalized spacial score (nSPS) is 32.5.